The van der Waals surface area contributed by atoms with E-state index in [1.54, 1.807) is 17.9 Å². The Morgan fingerprint density at radius 2 is 1.83 bits per heavy atom. The molecular weight excluding hydrogens is 370 g/mol. The Bertz CT molecular complexity index is 1090. The first-order chi connectivity index (χ1) is 14.0. The number of amides is 3. The van der Waals surface area contributed by atoms with E-state index in [-0.39, 0.29) is 24.0 Å². The first kappa shape index (κ1) is 18.7. The number of furan rings is 1. The van der Waals surface area contributed by atoms with Crippen molar-refractivity contribution in [2.45, 2.75) is 26.2 Å². The van der Waals surface area contributed by atoms with Gasteiger partial charge in [-0.3, -0.25) is 25.2 Å². The standard InChI is InChI=1S/C22H21N3O4/c1-14-17-5-2-3-6-18(17)29-21(14)22(28)24-23-19(26)13-15-8-10-16(11-9-15)25-12-4-7-20(25)27/h2-3,5-6,8-11H,4,7,12-13H2,1H3,(H,23,26)(H,24,28). The SMILES string of the molecule is Cc1c(C(=O)NNC(=O)Cc2ccc(N3CCCC3=O)cc2)oc2ccccc12. The number of carbonyl (C=O) groups excluding carboxylic acids is 3. The zero-order chi connectivity index (χ0) is 20.4. The zero-order valence-electron chi connectivity index (χ0n) is 16.0. The van der Waals surface area contributed by atoms with Crippen molar-refractivity contribution in [2.24, 2.45) is 0 Å². The van der Waals surface area contributed by atoms with Gasteiger partial charge >= 0.3 is 5.91 Å². The lowest BCUT2D eigenvalue weighted by Gasteiger charge is -2.15. The van der Waals surface area contributed by atoms with E-state index in [4.69, 9.17) is 4.42 Å². The maximum atomic E-state index is 12.4. The van der Waals surface area contributed by atoms with Crippen molar-refractivity contribution in [3.05, 3.63) is 65.4 Å². The summed E-state index contributed by atoms with van der Waals surface area (Å²) >= 11 is 0. The molecule has 7 nitrogen and oxygen atoms in total. The number of nitrogens with one attached hydrogen (secondary N) is 2. The quantitative estimate of drug-likeness (QED) is 0.669. The molecule has 0 saturated carbocycles. The number of fused-ring (bicyclic) bond motifs is 1. The Balaban J connectivity index is 1.34. The molecule has 1 saturated heterocycles. The Labute approximate surface area is 167 Å². The summed E-state index contributed by atoms with van der Waals surface area (Å²) in [6, 6.07) is 14.7. The van der Waals surface area contributed by atoms with Crippen LogP contribution in [-0.2, 0) is 16.0 Å². The number of benzene rings is 2. The highest BCUT2D eigenvalue weighted by molar-refractivity contribution is 5.99. The van der Waals surface area contributed by atoms with Crippen molar-refractivity contribution >= 4 is 34.4 Å². The van der Waals surface area contributed by atoms with Crippen LogP contribution in [0.3, 0.4) is 0 Å². The number of para-hydroxylation sites is 1. The molecule has 3 amide bonds. The predicted molar refractivity (Wildman–Crippen MR) is 108 cm³/mol. The molecule has 1 fully saturated rings. The summed E-state index contributed by atoms with van der Waals surface area (Å²) in [5.41, 5.74) is 7.78. The molecule has 2 aromatic carbocycles. The van der Waals surface area contributed by atoms with Crippen molar-refractivity contribution in [2.75, 3.05) is 11.4 Å². The van der Waals surface area contributed by atoms with E-state index < -0.39 is 5.91 Å². The topological polar surface area (TPSA) is 91.7 Å². The minimum absolute atomic E-state index is 0.105. The minimum Gasteiger partial charge on any atom is -0.451 e. The highest BCUT2D eigenvalue weighted by Gasteiger charge is 2.21. The van der Waals surface area contributed by atoms with Crippen LogP contribution in [-0.4, -0.2) is 24.3 Å². The second-order valence-corrected chi connectivity index (χ2v) is 7.05. The number of hydrazine groups is 1. The average molecular weight is 391 g/mol. The van der Waals surface area contributed by atoms with Crippen LogP contribution in [0.4, 0.5) is 5.69 Å². The third kappa shape index (κ3) is 3.85. The summed E-state index contributed by atoms with van der Waals surface area (Å²) in [6.45, 7) is 2.53. The van der Waals surface area contributed by atoms with Crippen LogP contribution in [0.5, 0.6) is 0 Å². The maximum Gasteiger partial charge on any atom is 0.305 e. The van der Waals surface area contributed by atoms with Gasteiger partial charge in [-0.2, -0.15) is 0 Å². The van der Waals surface area contributed by atoms with Crippen LogP contribution < -0.4 is 15.8 Å². The largest absolute Gasteiger partial charge is 0.451 e. The van der Waals surface area contributed by atoms with Crippen LogP contribution in [0.15, 0.2) is 52.9 Å². The molecule has 0 spiro atoms. The predicted octanol–water partition coefficient (Wildman–Crippen LogP) is 2.87. The lowest BCUT2D eigenvalue weighted by molar-refractivity contribution is -0.121. The molecule has 0 atom stereocenters. The summed E-state index contributed by atoms with van der Waals surface area (Å²) in [7, 11) is 0. The summed E-state index contributed by atoms with van der Waals surface area (Å²) in [4.78, 5) is 38.1. The van der Waals surface area contributed by atoms with Gasteiger partial charge in [0.1, 0.15) is 5.58 Å². The van der Waals surface area contributed by atoms with Gasteiger partial charge in [0.05, 0.1) is 6.42 Å². The molecule has 0 aliphatic carbocycles. The fourth-order valence-corrected chi connectivity index (χ4v) is 3.52. The van der Waals surface area contributed by atoms with Crippen LogP contribution in [0.2, 0.25) is 0 Å². The molecule has 2 heterocycles. The summed E-state index contributed by atoms with van der Waals surface area (Å²) in [5, 5.41) is 0.862. The molecule has 29 heavy (non-hydrogen) atoms. The number of carbonyl (C=O) groups is 3. The molecule has 1 aromatic heterocycles. The highest BCUT2D eigenvalue weighted by atomic mass is 16.3. The Hall–Kier alpha value is -3.61. The van der Waals surface area contributed by atoms with Gasteiger partial charge in [0.2, 0.25) is 11.8 Å². The van der Waals surface area contributed by atoms with Crippen molar-refractivity contribution in [3.63, 3.8) is 0 Å². The van der Waals surface area contributed by atoms with E-state index >= 15 is 0 Å². The maximum absolute atomic E-state index is 12.4. The van der Waals surface area contributed by atoms with E-state index in [1.165, 1.54) is 0 Å². The fraction of sp³-hybridized carbons (Fsp3) is 0.227. The molecule has 0 unspecified atom stereocenters. The number of hydrogen-bond donors (Lipinski definition) is 2. The van der Waals surface area contributed by atoms with Gasteiger partial charge in [-0.1, -0.05) is 30.3 Å². The minimum atomic E-state index is -0.505. The van der Waals surface area contributed by atoms with Crippen molar-refractivity contribution in [1.82, 2.24) is 10.9 Å². The zero-order valence-corrected chi connectivity index (χ0v) is 16.0. The van der Waals surface area contributed by atoms with Gasteiger partial charge in [0.15, 0.2) is 5.76 Å². The molecule has 7 heteroatoms. The van der Waals surface area contributed by atoms with E-state index in [9.17, 15) is 14.4 Å². The molecule has 4 rings (SSSR count). The van der Waals surface area contributed by atoms with Crippen LogP contribution in [0.1, 0.15) is 34.5 Å². The van der Waals surface area contributed by atoms with Crippen LogP contribution in [0, 0.1) is 6.92 Å². The van der Waals surface area contributed by atoms with E-state index in [0.717, 1.165) is 35.2 Å². The Kier molecular flexibility index (Phi) is 5.03. The van der Waals surface area contributed by atoms with E-state index in [2.05, 4.69) is 10.9 Å². The number of hydrogen-bond acceptors (Lipinski definition) is 4. The lowest BCUT2D eigenvalue weighted by atomic mass is 10.1. The van der Waals surface area contributed by atoms with Crippen molar-refractivity contribution in [3.8, 4) is 0 Å². The van der Waals surface area contributed by atoms with Gasteiger partial charge in [0.25, 0.3) is 0 Å². The molecule has 0 radical (unpaired) electrons. The lowest BCUT2D eigenvalue weighted by Crippen LogP contribution is -2.42. The van der Waals surface area contributed by atoms with Gasteiger partial charge in [-0.25, -0.2) is 0 Å². The van der Waals surface area contributed by atoms with Crippen LogP contribution in [0.25, 0.3) is 11.0 Å². The smallest absolute Gasteiger partial charge is 0.305 e. The molecule has 0 bridgehead atoms. The van der Waals surface area contributed by atoms with E-state index in [0.29, 0.717) is 12.0 Å². The van der Waals surface area contributed by atoms with Gasteiger partial charge in [-0.15, -0.1) is 0 Å². The number of anilines is 1. The molecule has 3 aromatic rings. The summed E-state index contributed by atoms with van der Waals surface area (Å²) in [6.07, 6.45) is 1.55. The van der Waals surface area contributed by atoms with Gasteiger partial charge in [-0.05, 0) is 37.1 Å². The normalized spacial score (nSPS) is 13.7. The monoisotopic (exact) mass is 391 g/mol. The van der Waals surface area contributed by atoms with Crippen molar-refractivity contribution < 1.29 is 18.8 Å². The second-order valence-electron chi connectivity index (χ2n) is 7.05. The number of rotatable bonds is 4. The van der Waals surface area contributed by atoms with Crippen LogP contribution >= 0.6 is 0 Å². The van der Waals surface area contributed by atoms with E-state index in [1.807, 2.05) is 42.5 Å². The number of aryl methyl sites for hydroxylation is 1. The summed E-state index contributed by atoms with van der Waals surface area (Å²) in [5.74, 6) is -0.558. The van der Waals surface area contributed by atoms with Gasteiger partial charge in [0, 0.05) is 29.6 Å². The Morgan fingerprint density at radius 1 is 1.07 bits per heavy atom. The first-order valence-corrected chi connectivity index (χ1v) is 9.49. The molecule has 2 N–H and O–H groups in total. The first-order valence-electron chi connectivity index (χ1n) is 9.49. The third-order valence-electron chi connectivity index (χ3n) is 5.05. The van der Waals surface area contributed by atoms with Gasteiger partial charge < -0.3 is 9.32 Å². The summed E-state index contributed by atoms with van der Waals surface area (Å²) < 4.78 is 5.59. The van der Waals surface area contributed by atoms with Crippen molar-refractivity contribution in [1.29, 1.82) is 0 Å². The molecule has 1 aliphatic rings. The molecule has 148 valence electrons. The molecule has 1 aliphatic heterocycles. The third-order valence-corrected chi connectivity index (χ3v) is 5.05. The fourth-order valence-electron chi connectivity index (χ4n) is 3.52. The average Bonchev–Trinajstić information content (AvgIpc) is 3.30. The number of nitrogens with zero attached hydrogens (tertiary/aromatic N) is 1. The Morgan fingerprint density at radius 3 is 2.52 bits per heavy atom. The molecular formula is C22H21N3O4. The second kappa shape index (κ2) is 7.79. The highest BCUT2D eigenvalue weighted by Crippen LogP contribution is 2.24.